The van der Waals surface area contributed by atoms with E-state index in [-0.39, 0.29) is 0 Å². The summed E-state index contributed by atoms with van der Waals surface area (Å²) >= 11 is 0. The molecule has 1 aliphatic heterocycles. The SMILES string of the molecule is c1ccc(CCC2CCN(CCc3c(-c4ccccc4)[nH]c4ccccc34)CC2)cc1. The van der Waals surface area contributed by atoms with Crippen LogP contribution in [-0.4, -0.2) is 29.5 Å². The van der Waals surface area contributed by atoms with Crippen molar-refractivity contribution in [2.24, 2.45) is 5.92 Å². The van der Waals surface area contributed by atoms with Gasteiger partial charge in [0.05, 0.1) is 0 Å². The highest BCUT2D eigenvalue weighted by molar-refractivity contribution is 5.90. The number of rotatable bonds is 7. The second kappa shape index (κ2) is 9.53. The molecule has 3 aromatic carbocycles. The Labute approximate surface area is 185 Å². The quantitative estimate of drug-likeness (QED) is 0.359. The minimum absolute atomic E-state index is 0.879. The second-order valence-electron chi connectivity index (χ2n) is 8.95. The third-order valence-corrected chi connectivity index (χ3v) is 6.95. The van der Waals surface area contributed by atoms with Gasteiger partial charge in [-0.2, -0.15) is 0 Å². The summed E-state index contributed by atoms with van der Waals surface area (Å²) in [4.78, 5) is 6.37. The molecule has 0 radical (unpaired) electrons. The minimum Gasteiger partial charge on any atom is -0.354 e. The summed E-state index contributed by atoms with van der Waals surface area (Å²) in [5.41, 5.74) is 6.77. The van der Waals surface area contributed by atoms with Gasteiger partial charge in [0.25, 0.3) is 0 Å². The van der Waals surface area contributed by atoms with Gasteiger partial charge in [0.2, 0.25) is 0 Å². The number of likely N-dealkylation sites (tertiary alicyclic amines) is 1. The standard InChI is InChI=1S/C29H32N2/c1-3-9-23(10-4-1)15-16-24-17-20-31(21-18-24)22-19-27-26-13-7-8-14-28(26)30-29(27)25-11-5-2-6-12-25/h1-14,24,30H,15-22H2. The first-order valence-electron chi connectivity index (χ1n) is 11.8. The Morgan fingerprint density at radius 2 is 1.42 bits per heavy atom. The Hall–Kier alpha value is -2.84. The van der Waals surface area contributed by atoms with Gasteiger partial charge in [-0.3, -0.25) is 0 Å². The van der Waals surface area contributed by atoms with E-state index in [0.29, 0.717) is 0 Å². The van der Waals surface area contributed by atoms with Crippen LogP contribution in [0.4, 0.5) is 0 Å². The molecule has 4 aromatic rings. The Morgan fingerprint density at radius 3 is 2.19 bits per heavy atom. The first kappa shape index (κ1) is 20.1. The van der Waals surface area contributed by atoms with Crippen molar-refractivity contribution < 1.29 is 0 Å². The highest BCUT2D eigenvalue weighted by Crippen LogP contribution is 2.31. The normalized spacial score (nSPS) is 15.5. The first-order chi connectivity index (χ1) is 15.4. The van der Waals surface area contributed by atoms with Crippen LogP contribution in [0.2, 0.25) is 0 Å². The van der Waals surface area contributed by atoms with Gasteiger partial charge in [0.1, 0.15) is 0 Å². The maximum atomic E-state index is 3.69. The summed E-state index contributed by atoms with van der Waals surface area (Å²) in [5, 5.41) is 1.37. The van der Waals surface area contributed by atoms with Gasteiger partial charge in [0, 0.05) is 23.1 Å². The van der Waals surface area contributed by atoms with Crippen LogP contribution in [0.5, 0.6) is 0 Å². The molecular formula is C29H32N2. The van der Waals surface area contributed by atoms with Crippen LogP contribution in [0.15, 0.2) is 84.9 Å². The average molecular weight is 409 g/mol. The van der Waals surface area contributed by atoms with Crippen LogP contribution in [0.1, 0.15) is 30.4 Å². The van der Waals surface area contributed by atoms with E-state index in [1.54, 1.807) is 0 Å². The lowest BCUT2D eigenvalue weighted by molar-refractivity contribution is 0.181. The van der Waals surface area contributed by atoms with Crippen LogP contribution in [0.25, 0.3) is 22.2 Å². The molecule has 0 saturated carbocycles. The molecule has 1 N–H and O–H groups in total. The van der Waals surface area contributed by atoms with E-state index in [1.807, 2.05) is 0 Å². The molecular weight excluding hydrogens is 376 g/mol. The van der Waals surface area contributed by atoms with Gasteiger partial charge in [-0.15, -0.1) is 0 Å². The molecule has 2 heteroatoms. The largest absolute Gasteiger partial charge is 0.354 e. The molecule has 0 atom stereocenters. The maximum absolute atomic E-state index is 3.69. The predicted molar refractivity (Wildman–Crippen MR) is 131 cm³/mol. The number of aromatic nitrogens is 1. The van der Waals surface area contributed by atoms with Gasteiger partial charge in [-0.05, 0) is 73.9 Å². The van der Waals surface area contributed by atoms with Crippen molar-refractivity contribution in [3.05, 3.63) is 96.1 Å². The summed E-state index contributed by atoms with van der Waals surface area (Å²) in [6, 6.07) is 30.5. The Kier molecular flexibility index (Phi) is 6.18. The van der Waals surface area contributed by atoms with Gasteiger partial charge in [-0.1, -0.05) is 78.9 Å². The lowest BCUT2D eigenvalue weighted by Crippen LogP contribution is -2.35. The zero-order valence-electron chi connectivity index (χ0n) is 18.3. The van der Waals surface area contributed by atoms with Crippen molar-refractivity contribution in [3.63, 3.8) is 0 Å². The molecule has 2 nitrogen and oxygen atoms in total. The van der Waals surface area contributed by atoms with Crippen molar-refractivity contribution >= 4 is 10.9 Å². The van der Waals surface area contributed by atoms with Crippen LogP contribution < -0.4 is 0 Å². The number of hydrogen-bond acceptors (Lipinski definition) is 1. The fourth-order valence-electron chi connectivity index (χ4n) is 5.10. The number of fused-ring (bicyclic) bond motifs is 1. The Morgan fingerprint density at radius 1 is 0.742 bits per heavy atom. The average Bonchev–Trinajstić information content (AvgIpc) is 3.22. The number of aryl methyl sites for hydroxylation is 1. The van der Waals surface area contributed by atoms with Crippen LogP contribution >= 0.6 is 0 Å². The van der Waals surface area contributed by atoms with E-state index < -0.39 is 0 Å². The Balaban J connectivity index is 1.21. The highest BCUT2D eigenvalue weighted by atomic mass is 15.1. The van der Waals surface area contributed by atoms with E-state index >= 15 is 0 Å². The van der Waals surface area contributed by atoms with Crippen molar-refractivity contribution in [1.29, 1.82) is 0 Å². The molecule has 0 bridgehead atoms. The summed E-state index contributed by atoms with van der Waals surface area (Å²) in [6.07, 6.45) is 6.33. The number of H-pyrrole nitrogens is 1. The molecule has 0 spiro atoms. The van der Waals surface area contributed by atoms with Crippen molar-refractivity contribution in [1.82, 2.24) is 9.88 Å². The number of piperidine rings is 1. The summed E-state index contributed by atoms with van der Waals surface area (Å²) in [6.45, 7) is 3.62. The number of para-hydroxylation sites is 1. The topological polar surface area (TPSA) is 19.0 Å². The number of hydrogen-bond donors (Lipinski definition) is 1. The first-order valence-corrected chi connectivity index (χ1v) is 11.8. The van der Waals surface area contributed by atoms with E-state index in [2.05, 4.69) is 94.8 Å². The molecule has 0 unspecified atom stereocenters. The van der Waals surface area contributed by atoms with E-state index in [4.69, 9.17) is 0 Å². The number of nitrogens with zero attached hydrogens (tertiary/aromatic N) is 1. The smallest absolute Gasteiger partial charge is 0.0497 e. The van der Waals surface area contributed by atoms with Crippen LogP contribution in [0, 0.1) is 5.92 Å². The molecule has 31 heavy (non-hydrogen) atoms. The fourth-order valence-corrected chi connectivity index (χ4v) is 5.10. The zero-order chi connectivity index (χ0) is 20.9. The molecule has 1 aliphatic rings. The summed E-state index contributed by atoms with van der Waals surface area (Å²) in [5.74, 6) is 0.879. The van der Waals surface area contributed by atoms with E-state index in [0.717, 1.165) is 18.9 Å². The minimum atomic E-state index is 0.879. The van der Waals surface area contributed by atoms with Gasteiger partial charge < -0.3 is 9.88 Å². The van der Waals surface area contributed by atoms with E-state index in [1.165, 1.54) is 72.1 Å². The van der Waals surface area contributed by atoms with Gasteiger partial charge in [0.15, 0.2) is 0 Å². The lowest BCUT2D eigenvalue weighted by Gasteiger charge is -2.32. The zero-order valence-corrected chi connectivity index (χ0v) is 18.3. The third-order valence-electron chi connectivity index (χ3n) is 6.95. The third kappa shape index (κ3) is 4.75. The lowest BCUT2D eigenvalue weighted by atomic mass is 9.90. The number of aromatic amines is 1. The molecule has 1 aromatic heterocycles. The molecule has 5 rings (SSSR count). The van der Waals surface area contributed by atoms with Gasteiger partial charge >= 0.3 is 0 Å². The fraction of sp³-hybridized carbons (Fsp3) is 0.310. The highest BCUT2D eigenvalue weighted by Gasteiger charge is 2.20. The Bertz CT molecular complexity index is 1090. The van der Waals surface area contributed by atoms with Crippen molar-refractivity contribution in [2.75, 3.05) is 19.6 Å². The molecule has 0 amide bonds. The monoisotopic (exact) mass is 408 g/mol. The van der Waals surface area contributed by atoms with Crippen molar-refractivity contribution in [3.8, 4) is 11.3 Å². The van der Waals surface area contributed by atoms with Crippen LogP contribution in [0.3, 0.4) is 0 Å². The summed E-state index contributed by atoms with van der Waals surface area (Å²) < 4.78 is 0. The molecule has 1 saturated heterocycles. The number of benzene rings is 3. The van der Waals surface area contributed by atoms with Crippen molar-refractivity contribution in [2.45, 2.75) is 32.1 Å². The van der Waals surface area contributed by atoms with Crippen LogP contribution in [-0.2, 0) is 12.8 Å². The maximum Gasteiger partial charge on any atom is 0.0497 e. The second-order valence-corrected chi connectivity index (χ2v) is 8.95. The number of nitrogens with one attached hydrogen (secondary N) is 1. The molecule has 158 valence electrons. The molecule has 2 heterocycles. The summed E-state index contributed by atoms with van der Waals surface area (Å²) in [7, 11) is 0. The van der Waals surface area contributed by atoms with E-state index in [9.17, 15) is 0 Å². The molecule has 1 fully saturated rings. The molecule has 0 aliphatic carbocycles. The predicted octanol–water partition coefficient (Wildman–Crippen LogP) is 6.72. The van der Waals surface area contributed by atoms with Gasteiger partial charge in [-0.25, -0.2) is 0 Å².